The van der Waals surface area contributed by atoms with Crippen LogP contribution in [0.3, 0.4) is 0 Å². The van der Waals surface area contributed by atoms with Gasteiger partial charge in [0, 0.05) is 42.2 Å². The summed E-state index contributed by atoms with van der Waals surface area (Å²) in [6.45, 7) is 4.78. The first-order chi connectivity index (χ1) is 13.7. The summed E-state index contributed by atoms with van der Waals surface area (Å²) < 4.78 is 2.43. The predicted octanol–water partition coefficient (Wildman–Crippen LogP) is 5.66. The molecule has 148 valence electrons. The van der Waals surface area contributed by atoms with Gasteiger partial charge in [0.2, 0.25) is 5.71 Å². The van der Waals surface area contributed by atoms with Gasteiger partial charge in [-0.15, -0.1) is 23.2 Å². The van der Waals surface area contributed by atoms with Crippen molar-refractivity contribution in [3.05, 3.63) is 71.9 Å². The van der Waals surface area contributed by atoms with Crippen LogP contribution >= 0.6 is 39.1 Å². The predicted molar refractivity (Wildman–Crippen MR) is 128 cm³/mol. The van der Waals surface area contributed by atoms with Crippen LogP contribution in [0.2, 0.25) is 0 Å². The Morgan fingerprint density at radius 2 is 1.79 bits per heavy atom. The van der Waals surface area contributed by atoms with Crippen molar-refractivity contribution < 1.29 is 4.58 Å². The minimum atomic E-state index is 0.261. The fraction of sp³-hybridized carbons (Fsp3) is 0.348. The molecule has 0 aromatic heterocycles. The summed E-state index contributed by atoms with van der Waals surface area (Å²) in [7, 11) is 0. The van der Waals surface area contributed by atoms with E-state index in [1.807, 2.05) is 0 Å². The Labute approximate surface area is 186 Å². The molecule has 28 heavy (non-hydrogen) atoms. The average molecular weight is 481 g/mol. The second-order valence-electron chi connectivity index (χ2n) is 6.76. The summed E-state index contributed by atoms with van der Waals surface area (Å²) in [6, 6.07) is 8.85. The van der Waals surface area contributed by atoms with E-state index in [0.29, 0.717) is 16.6 Å². The second kappa shape index (κ2) is 10.5. The highest BCUT2D eigenvalue weighted by atomic mass is 79.9. The zero-order chi connectivity index (χ0) is 19.9. The van der Waals surface area contributed by atoms with Crippen molar-refractivity contribution in [3.8, 4) is 0 Å². The molecule has 0 N–H and O–H groups in total. The molecule has 0 amide bonds. The van der Waals surface area contributed by atoms with Crippen LogP contribution in [0, 0.1) is 0 Å². The van der Waals surface area contributed by atoms with E-state index in [0.717, 1.165) is 25.3 Å². The number of alkyl halides is 3. The molecule has 2 aliphatic rings. The molecule has 2 nitrogen and oxygen atoms in total. The number of likely N-dealkylation sites (N-methyl/N-ethyl adjacent to an activating group) is 1. The molecule has 1 heterocycles. The summed E-state index contributed by atoms with van der Waals surface area (Å²) >= 11 is 15.5. The third-order valence-electron chi connectivity index (χ3n) is 5.01. The molecule has 0 saturated heterocycles. The molecule has 1 aliphatic carbocycles. The number of nitrogens with zero attached hydrogens (tertiary/aromatic N) is 2. The summed E-state index contributed by atoms with van der Waals surface area (Å²) in [4.78, 5) is 2.53. The molecule has 1 aliphatic heterocycles. The SMILES string of the molecule is CC[N+]1=C2C=CC(Br)C=C2C=CC1/C=C/c1ccc(N(CCCl)CCCl)cc1. The molecular formula is C23H26BrCl2N2+. The first-order valence-corrected chi connectivity index (χ1v) is 11.7. The van der Waals surface area contributed by atoms with Crippen molar-refractivity contribution in [2.45, 2.75) is 17.8 Å². The highest BCUT2D eigenvalue weighted by molar-refractivity contribution is 9.09. The molecule has 3 rings (SSSR count). The molecule has 0 spiro atoms. The molecule has 0 bridgehead atoms. The van der Waals surface area contributed by atoms with Crippen LogP contribution in [0.1, 0.15) is 12.5 Å². The fourth-order valence-electron chi connectivity index (χ4n) is 3.59. The molecule has 2 unspecified atom stereocenters. The van der Waals surface area contributed by atoms with E-state index in [4.69, 9.17) is 23.2 Å². The van der Waals surface area contributed by atoms with Gasteiger partial charge in [0.25, 0.3) is 0 Å². The quantitative estimate of drug-likeness (QED) is 0.344. The van der Waals surface area contributed by atoms with Gasteiger partial charge in [0.15, 0.2) is 6.04 Å². The number of halogens is 3. The molecule has 0 radical (unpaired) electrons. The molecule has 1 aromatic carbocycles. The van der Waals surface area contributed by atoms with Gasteiger partial charge < -0.3 is 4.90 Å². The summed E-state index contributed by atoms with van der Waals surface area (Å²) in [6.07, 6.45) is 15.6. The lowest BCUT2D eigenvalue weighted by atomic mass is 9.97. The maximum atomic E-state index is 5.91. The lowest BCUT2D eigenvalue weighted by Crippen LogP contribution is -2.33. The molecule has 0 saturated carbocycles. The van der Waals surface area contributed by atoms with E-state index in [1.165, 1.54) is 16.8 Å². The molecule has 1 aromatic rings. The van der Waals surface area contributed by atoms with Crippen molar-refractivity contribution in [2.24, 2.45) is 0 Å². The Morgan fingerprint density at radius 3 is 2.43 bits per heavy atom. The van der Waals surface area contributed by atoms with Crippen LogP contribution in [0.5, 0.6) is 0 Å². The third-order valence-corrected chi connectivity index (χ3v) is 5.92. The Hall–Kier alpha value is -1.29. The van der Waals surface area contributed by atoms with Crippen LogP contribution in [-0.4, -0.2) is 52.6 Å². The molecule has 0 fully saturated rings. The highest BCUT2D eigenvalue weighted by Gasteiger charge is 2.26. The Bertz CT molecular complexity index is 816. The average Bonchev–Trinajstić information content (AvgIpc) is 2.72. The Kier molecular flexibility index (Phi) is 8.01. The third kappa shape index (κ3) is 5.20. The monoisotopic (exact) mass is 479 g/mol. The van der Waals surface area contributed by atoms with Gasteiger partial charge in [-0.2, -0.15) is 0 Å². The largest absolute Gasteiger partial charge is 0.369 e. The fourth-order valence-corrected chi connectivity index (χ4v) is 4.44. The minimum Gasteiger partial charge on any atom is -0.369 e. The van der Waals surface area contributed by atoms with Crippen LogP contribution in [0.15, 0.2) is 66.3 Å². The van der Waals surface area contributed by atoms with Crippen molar-refractivity contribution in [3.63, 3.8) is 0 Å². The molecular weight excluding hydrogens is 455 g/mol. The highest BCUT2D eigenvalue weighted by Crippen LogP contribution is 2.22. The van der Waals surface area contributed by atoms with E-state index in [1.54, 1.807) is 0 Å². The molecule has 5 heteroatoms. The van der Waals surface area contributed by atoms with Crippen LogP contribution in [-0.2, 0) is 0 Å². The maximum absolute atomic E-state index is 5.91. The van der Waals surface area contributed by atoms with Crippen molar-refractivity contribution in [1.29, 1.82) is 0 Å². The summed E-state index contributed by atoms with van der Waals surface area (Å²) in [5.41, 5.74) is 4.94. The first-order valence-electron chi connectivity index (χ1n) is 9.67. The van der Waals surface area contributed by atoms with Crippen molar-refractivity contribution >= 4 is 56.6 Å². The lowest BCUT2D eigenvalue weighted by Gasteiger charge is -2.22. The van der Waals surface area contributed by atoms with E-state index >= 15 is 0 Å². The topological polar surface area (TPSA) is 6.25 Å². The number of allylic oxidation sites excluding steroid dienone is 5. The number of hydrogen-bond acceptors (Lipinski definition) is 1. The van der Waals surface area contributed by atoms with Gasteiger partial charge in [-0.3, -0.25) is 0 Å². The van der Waals surface area contributed by atoms with Gasteiger partial charge in [-0.25, -0.2) is 4.58 Å². The Balaban J connectivity index is 1.75. The smallest absolute Gasteiger partial charge is 0.207 e. The van der Waals surface area contributed by atoms with E-state index in [-0.39, 0.29) is 6.04 Å². The second-order valence-corrected chi connectivity index (χ2v) is 8.58. The lowest BCUT2D eigenvalue weighted by molar-refractivity contribution is -0.539. The number of anilines is 1. The van der Waals surface area contributed by atoms with E-state index < -0.39 is 0 Å². The van der Waals surface area contributed by atoms with Crippen LogP contribution in [0.4, 0.5) is 5.69 Å². The number of hydrogen-bond donors (Lipinski definition) is 0. The zero-order valence-electron chi connectivity index (χ0n) is 16.1. The number of benzene rings is 1. The van der Waals surface area contributed by atoms with Crippen molar-refractivity contribution in [2.75, 3.05) is 36.3 Å². The van der Waals surface area contributed by atoms with E-state index in [2.05, 4.69) is 99.1 Å². The van der Waals surface area contributed by atoms with Gasteiger partial charge in [0.1, 0.15) is 6.54 Å². The van der Waals surface area contributed by atoms with Gasteiger partial charge >= 0.3 is 0 Å². The number of rotatable bonds is 8. The normalized spacial score (nSPS) is 21.2. The summed E-state index contributed by atoms with van der Waals surface area (Å²) in [5.74, 6) is 1.19. The Morgan fingerprint density at radius 1 is 1.07 bits per heavy atom. The van der Waals surface area contributed by atoms with Crippen LogP contribution < -0.4 is 4.90 Å². The standard InChI is InChI=1S/C23H26BrCl2N2/c1-2-28-22(11-6-19-17-20(24)7-12-23(19)28)10-5-18-3-8-21(9-4-18)27(15-13-25)16-14-26/h3-12,17,20,22H,2,13-16H2,1H3/q+1/b10-5+. The first kappa shape index (κ1) is 21.4. The van der Waals surface area contributed by atoms with E-state index in [9.17, 15) is 0 Å². The van der Waals surface area contributed by atoms with Crippen LogP contribution in [0.25, 0.3) is 6.08 Å². The number of fused-ring (bicyclic) bond motifs is 1. The van der Waals surface area contributed by atoms with Crippen molar-refractivity contribution in [1.82, 2.24) is 0 Å². The summed E-state index contributed by atoms with van der Waals surface area (Å²) in [5, 5.41) is 0. The van der Waals surface area contributed by atoms with Gasteiger partial charge in [0.05, 0.1) is 4.83 Å². The molecule has 2 atom stereocenters. The maximum Gasteiger partial charge on any atom is 0.207 e. The van der Waals surface area contributed by atoms with Gasteiger partial charge in [-0.1, -0.05) is 46.3 Å². The zero-order valence-corrected chi connectivity index (χ0v) is 19.2. The minimum absolute atomic E-state index is 0.261. The van der Waals surface area contributed by atoms with Gasteiger partial charge in [-0.05, 0) is 42.8 Å².